The topological polar surface area (TPSA) is 73.3 Å². The highest BCUT2D eigenvalue weighted by molar-refractivity contribution is 5.86. The summed E-state index contributed by atoms with van der Waals surface area (Å²) in [6, 6.07) is 18.9. The van der Waals surface area contributed by atoms with Gasteiger partial charge < -0.3 is 14.5 Å². The van der Waals surface area contributed by atoms with Gasteiger partial charge >= 0.3 is 0 Å². The molecule has 0 amide bonds. The molecule has 1 aromatic heterocycles. The first-order valence-corrected chi connectivity index (χ1v) is 10.4. The molecule has 0 aliphatic carbocycles. The van der Waals surface area contributed by atoms with Crippen molar-refractivity contribution in [2.75, 3.05) is 14.2 Å². The van der Waals surface area contributed by atoms with Gasteiger partial charge in [-0.2, -0.15) is 0 Å². The average Bonchev–Trinajstić information content (AvgIpc) is 2.84. The number of allylic oxidation sites excluding steroid dienone is 1. The van der Waals surface area contributed by atoms with Crippen molar-refractivity contribution in [2.24, 2.45) is 0 Å². The van der Waals surface area contributed by atoms with Crippen molar-refractivity contribution in [1.82, 2.24) is 9.55 Å². The summed E-state index contributed by atoms with van der Waals surface area (Å²) in [7, 11) is 3.19. The van der Waals surface area contributed by atoms with Crippen molar-refractivity contribution < 1.29 is 9.47 Å². The standard InChI is InChI=1S/C27H24N2O4/c1-4-13-29-24(17-21-7-5-6-8-25(21)33-3)26(30)28-23(27(29)31)15-18-9-10-20-16-22(32-2)12-11-19(20)14-18/h4-12,14-17H,1,13H2,2-3H3,(H,28,30)/b23-15+,24-17+. The molecular weight excluding hydrogens is 416 g/mol. The molecule has 0 atom stereocenters. The van der Waals surface area contributed by atoms with Crippen molar-refractivity contribution in [1.29, 1.82) is 0 Å². The third kappa shape index (κ3) is 4.50. The number of hydrogen-bond acceptors (Lipinski definition) is 4. The molecule has 0 saturated heterocycles. The molecule has 0 bridgehead atoms. The van der Waals surface area contributed by atoms with Gasteiger partial charge in [0.15, 0.2) is 0 Å². The van der Waals surface area contributed by atoms with Crippen LogP contribution in [0.1, 0.15) is 11.1 Å². The molecule has 166 valence electrons. The first-order valence-electron chi connectivity index (χ1n) is 10.4. The van der Waals surface area contributed by atoms with Gasteiger partial charge in [-0.05, 0) is 52.8 Å². The first kappa shape index (κ1) is 21.9. The molecule has 1 heterocycles. The summed E-state index contributed by atoms with van der Waals surface area (Å²) in [5.74, 6) is 1.38. The maximum absolute atomic E-state index is 13.3. The van der Waals surface area contributed by atoms with Crippen molar-refractivity contribution in [3.8, 4) is 11.5 Å². The van der Waals surface area contributed by atoms with Gasteiger partial charge in [-0.1, -0.05) is 42.5 Å². The summed E-state index contributed by atoms with van der Waals surface area (Å²) in [6.45, 7) is 3.94. The predicted octanol–water partition coefficient (Wildman–Crippen LogP) is 2.55. The number of fused-ring (bicyclic) bond motifs is 1. The Kier molecular flexibility index (Phi) is 6.26. The highest BCUT2D eigenvalue weighted by atomic mass is 16.5. The average molecular weight is 440 g/mol. The van der Waals surface area contributed by atoms with Crippen LogP contribution in [0.3, 0.4) is 0 Å². The monoisotopic (exact) mass is 440 g/mol. The van der Waals surface area contributed by atoms with Crippen LogP contribution in [-0.2, 0) is 6.54 Å². The van der Waals surface area contributed by atoms with Crippen molar-refractivity contribution in [2.45, 2.75) is 6.54 Å². The molecule has 0 fully saturated rings. The van der Waals surface area contributed by atoms with Gasteiger partial charge in [0.05, 0.1) is 14.2 Å². The Labute approximate surface area is 190 Å². The quantitative estimate of drug-likeness (QED) is 0.468. The van der Waals surface area contributed by atoms with E-state index in [-0.39, 0.29) is 28.4 Å². The van der Waals surface area contributed by atoms with Crippen LogP contribution in [0.4, 0.5) is 0 Å². The number of rotatable bonds is 6. The Morgan fingerprint density at radius 1 is 0.939 bits per heavy atom. The van der Waals surface area contributed by atoms with Crippen LogP contribution in [0.5, 0.6) is 11.5 Å². The van der Waals surface area contributed by atoms with Gasteiger partial charge in [-0.15, -0.1) is 6.58 Å². The summed E-state index contributed by atoms with van der Waals surface area (Å²) in [4.78, 5) is 29.0. The van der Waals surface area contributed by atoms with Crippen LogP contribution in [0.25, 0.3) is 22.9 Å². The number of aromatic nitrogens is 2. The number of H-pyrrole nitrogens is 1. The largest absolute Gasteiger partial charge is 0.497 e. The number of para-hydroxylation sites is 1. The van der Waals surface area contributed by atoms with Crippen LogP contribution >= 0.6 is 0 Å². The summed E-state index contributed by atoms with van der Waals surface area (Å²) in [6.07, 6.45) is 4.92. The Hall–Kier alpha value is -4.32. The van der Waals surface area contributed by atoms with E-state index in [1.807, 2.05) is 54.6 Å². The number of methoxy groups -OCH3 is 2. The Morgan fingerprint density at radius 3 is 2.45 bits per heavy atom. The molecule has 33 heavy (non-hydrogen) atoms. The molecule has 0 spiro atoms. The third-order valence-electron chi connectivity index (χ3n) is 5.37. The second kappa shape index (κ2) is 9.44. The maximum Gasteiger partial charge on any atom is 0.275 e. The van der Waals surface area contributed by atoms with E-state index in [4.69, 9.17) is 9.47 Å². The predicted molar refractivity (Wildman–Crippen MR) is 131 cm³/mol. The van der Waals surface area contributed by atoms with E-state index >= 15 is 0 Å². The summed E-state index contributed by atoms with van der Waals surface area (Å²) in [5.41, 5.74) is 0.807. The van der Waals surface area contributed by atoms with E-state index in [1.165, 1.54) is 4.57 Å². The van der Waals surface area contributed by atoms with Crippen LogP contribution in [0.2, 0.25) is 0 Å². The molecule has 4 rings (SSSR count). The van der Waals surface area contributed by atoms with Crippen LogP contribution in [0, 0.1) is 0 Å². The Bertz CT molecular complexity index is 1580. The Morgan fingerprint density at radius 2 is 1.70 bits per heavy atom. The number of nitrogens with zero attached hydrogens (tertiary/aromatic N) is 1. The fraction of sp³-hybridized carbons (Fsp3) is 0.111. The lowest BCUT2D eigenvalue weighted by molar-refractivity contribution is 0.414. The fourth-order valence-corrected chi connectivity index (χ4v) is 3.73. The van der Waals surface area contributed by atoms with E-state index in [0.29, 0.717) is 11.3 Å². The van der Waals surface area contributed by atoms with Gasteiger partial charge in [0.25, 0.3) is 11.1 Å². The van der Waals surface area contributed by atoms with Crippen LogP contribution in [-0.4, -0.2) is 23.8 Å². The lowest BCUT2D eigenvalue weighted by atomic mass is 10.1. The minimum atomic E-state index is -0.376. The molecule has 0 radical (unpaired) electrons. The fourth-order valence-electron chi connectivity index (χ4n) is 3.73. The SMILES string of the molecule is C=CCn1c(=O)/c(=C\c2ccc3cc(OC)ccc3c2)[nH]c(=O)/c1=C\c1ccccc1OC. The number of aromatic amines is 1. The molecule has 6 nitrogen and oxygen atoms in total. The molecule has 3 aromatic carbocycles. The summed E-state index contributed by atoms with van der Waals surface area (Å²) in [5, 5.41) is 2.45. The zero-order chi connectivity index (χ0) is 23.4. The van der Waals surface area contributed by atoms with E-state index in [9.17, 15) is 9.59 Å². The van der Waals surface area contributed by atoms with Gasteiger partial charge in [-0.3, -0.25) is 14.2 Å². The lowest BCUT2D eigenvalue weighted by Crippen LogP contribution is -2.53. The molecule has 0 aliphatic rings. The molecule has 0 unspecified atom stereocenters. The van der Waals surface area contributed by atoms with Crippen molar-refractivity contribution in [3.63, 3.8) is 0 Å². The summed E-state index contributed by atoms with van der Waals surface area (Å²) < 4.78 is 12.1. The number of hydrogen-bond donors (Lipinski definition) is 1. The minimum absolute atomic E-state index is 0.197. The molecule has 6 heteroatoms. The zero-order valence-electron chi connectivity index (χ0n) is 18.5. The highest BCUT2D eigenvalue weighted by Gasteiger charge is 2.07. The lowest BCUT2D eigenvalue weighted by Gasteiger charge is -2.07. The normalized spacial score (nSPS) is 12.2. The zero-order valence-corrected chi connectivity index (χ0v) is 18.5. The highest BCUT2D eigenvalue weighted by Crippen LogP contribution is 2.22. The third-order valence-corrected chi connectivity index (χ3v) is 5.37. The van der Waals surface area contributed by atoms with E-state index in [1.54, 1.807) is 38.5 Å². The van der Waals surface area contributed by atoms with Gasteiger partial charge in [0, 0.05) is 12.1 Å². The van der Waals surface area contributed by atoms with E-state index < -0.39 is 0 Å². The summed E-state index contributed by atoms with van der Waals surface area (Å²) >= 11 is 0. The molecule has 1 N–H and O–H groups in total. The number of nitrogens with one attached hydrogen (secondary N) is 1. The number of benzene rings is 3. The van der Waals surface area contributed by atoms with Gasteiger partial charge in [-0.25, -0.2) is 0 Å². The minimum Gasteiger partial charge on any atom is -0.497 e. The first-order chi connectivity index (χ1) is 16.0. The molecule has 0 saturated carbocycles. The second-order valence-corrected chi connectivity index (χ2v) is 7.46. The van der Waals surface area contributed by atoms with Crippen molar-refractivity contribution >= 4 is 22.9 Å². The van der Waals surface area contributed by atoms with E-state index in [2.05, 4.69) is 11.6 Å². The second-order valence-electron chi connectivity index (χ2n) is 7.46. The number of ether oxygens (including phenoxy) is 2. The van der Waals surface area contributed by atoms with E-state index in [0.717, 1.165) is 22.1 Å². The Balaban J connectivity index is 1.91. The van der Waals surface area contributed by atoms with Crippen LogP contribution in [0.15, 0.2) is 82.9 Å². The molecular formula is C27H24N2O4. The van der Waals surface area contributed by atoms with Crippen LogP contribution < -0.4 is 31.3 Å². The molecule has 4 aromatic rings. The van der Waals surface area contributed by atoms with Crippen molar-refractivity contribution in [3.05, 3.63) is 116 Å². The van der Waals surface area contributed by atoms with Gasteiger partial charge in [0.1, 0.15) is 22.2 Å². The molecule has 0 aliphatic heterocycles. The maximum atomic E-state index is 13.3. The smallest absolute Gasteiger partial charge is 0.275 e. The van der Waals surface area contributed by atoms with Gasteiger partial charge in [0.2, 0.25) is 0 Å².